The minimum atomic E-state index is -4.68. The highest BCUT2D eigenvalue weighted by atomic mass is 19.4. The normalized spacial score (nSPS) is 13.2. The molecule has 8 heteroatoms. The van der Waals surface area contributed by atoms with E-state index in [1.54, 1.807) is 11.6 Å². The number of hydrogen-bond acceptors (Lipinski definition) is 4. The Morgan fingerprint density at radius 2 is 1.95 bits per heavy atom. The molecule has 2 rings (SSSR count). The van der Waals surface area contributed by atoms with Crippen molar-refractivity contribution in [2.45, 2.75) is 25.9 Å². The van der Waals surface area contributed by atoms with Crippen molar-refractivity contribution in [3.05, 3.63) is 42.0 Å². The molecule has 1 atom stereocenters. The van der Waals surface area contributed by atoms with Crippen LogP contribution in [-0.2, 0) is 6.54 Å². The maximum absolute atomic E-state index is 12.0. The smallest absolute Gasteiger partial charge is 0.406 e. The third kappa shape index (κ3) is 3.95. The fourth-order valence-corrected chi connectivity index (χ4v) is 1.58. The molecule has 2 N–H and O–H groups in total. The zero-order chi connectivity index (χ0) is 14.8. The van der Waals surface area contributed by atoms with E-state index in [-0.39, 0.29) is 11.8 Å². The summed E-state index contributed by atoms with van der Waals surface area (Å²) >= 11 is 0. The highest BCUT2D eigenvalue weighted by molar-refractivity contribution is 5.27. The zero-order valence-electron chi connectivity index (χ0n) is 10.6. The summed E-state index contributed by atoms with van der Waals surface area (Å²) in [4.78, 5) is 4.03. The summed E-state index contributed by atoms with van der Waals surface area (Å²) in [5, 5.41) is 4.16. The summed E-state index contributed by atoms with van der Waals surface area (Å²) in [5.74, 6) is 0.262. The van der Waals surface area contributed by atoms with E-state index < -0.39 is 6.36 Å². The second-order valence-electron chi connectivity index (χ2n) is 4.28. The van der Waals surface area contributed by atoms with Gasteiger partial charge < -0.3 is 10.5 Å². The molecule has 0 amide bonds. The van der Waals surface area contributed by atoms with Crippen LogP contribution in [0.5, 0.6) is 5.75 Å². The van der Waals surface area contributed by atoms with Crippen LogP contribution < -0.4 is 10.5 Å². The van der Waals surface area contributed by atoms with Gasteiger partial charge in [0.15, 0.2) is 5.82 Å². The van der Waals surface area contributed by atoms with Crippen LogP contribution in [0.3, 0.4) is 0 Å². The van der Waals surface area contributed by atoms with E-state index >= 15 is 0 Å². The predicted molar refractivity (Wildman–Crippen MR) is 64.9 cm³/mol. The Morgan fingerprint density at radius 1 is 1.30 bits per heavy atom. The van der Waals surface area contributed by atoms with Crippen LogP contribution in [0.25, 0.3) is 0 Å². The first-order valence-corrected chi connectivity index (χ1v) is 5.83. The van der Waals surface area contributed by atoms with Crippen molar-refractivity contribution in [1.82, 2.24) is 14.8 Å². The molecule has 0 fully saturated rings. The van der Waals surface area contributed by atoms with Gasteiger partial charge in [-0.1, -0.05) is 12.1 Å². The Hall–Kier alpha value is -2.09. The van der Waals surface area contributed by atoms with Crippen LogP contribution in [0.2, 0.25) is 0 Å². The molecule has 0 saturated heterocycles. The summed E-state index contributed by atoms with van der Waals surface area (Å²) in [5.41, 5.74) is 6.42. The standard InChI is InChI=1S/C12H13F3N4O/c1-8(16)11-17-7-19(18-11)6-9-2-4-10(5-3-9)20-12(13,14)15/h2-5,7-8H,6,16H2,1H3. The van der Waals surface area contributed by atoms with Crippen molar-refractivity contribution in [2.24, 2.45) is 5.73 Å². The number of halogens is 3. The minimum absolute atomic E-state index is 0.254. The van der Waals surface area contributed by atoms with Crippen molar-refractivity contribution < 1.29 is 17.9 Å². The number of aromatic nitrogens is 3. The van der Waals surface area contributed by atoms with Gasteiger partial charge in [0, 0.05) is 0 Å². The fraction of sp³-hybridized carbons (Fsp3) is 0.333. The van der Waals surface area contributed by atoms with Gasteiger partial charge in [-0.3, -0.25) is 0 Å². The lowest BCUT2D eigenvalue weighted by Gasteiger charge is -2.09. The number of nitrogens with two attached hydrogens (primary N) is 1. The number of benzene rings is 1. The van der Waals surface area contributed by atoms with Gasteiger partial charge in [0.25, 0.3) is 0 Å². The van der Waals surface area contributed by atoms with Gasteiger partial charge in [0.1, 0.15) is 12.1 Å². The molecule has 0 spiro atoms. The summed E-state index contributed by atoms with van der Waals surface area (Å²) in [7, 11) is 0. The average molecular weight is 286 g/mol. The maximum Gasteiger partial charge on any atom is 0.573 e. The fourth-order valence-electron chi connectivity index (χ4n) is 1.58. The van der Waals surface area contributed by atoms with Gasteiger partial charge in [0.05, 0.1) is 12.6 Å². The molecule has 2 aromatic rings. The minimum Gasteiger partial charge on any atom is -0.406 e. The molecule has 0 aliphatic carbocycles. The first-order chi connectivity index (χ1) is 9.33. The van der Waals surface area contributed by atoms with Gasteiger partial charge in [-0.25, -0.2) is 9.67 Å². The molecule has 0 aliphatic heterocycles. The van der Waals surface area contributed by atoms with Crippen LogP contribution in [0.4, 0.5) is 13.2 Å². The third-order valence-corrected chi connectivity index (χ3v) is 2.46. The summed E-state index contributed by atoms with van der Waals surface area (Å²) in [6.07, 6.45) is -3.15. The number of rotatable bonds is 4. The molecule has 1 aromatic carbocycles. The molecule has 0 radical (unpaired) electrons. The van der Waals surface area contributed by atoms with Gasteiger partial charge in [0.2, 0.25) is 0 Å². The average Bonchev–Trinajstić information content (AvgIpc) is 2.78. The van der Waals surface area contributed by atoms with Crippen molar-refractivity contribution in [3.63, 3.8) is 0 Å². The van der Waals surface area contributed by atoms with E-state index in [9.17, 15) is 13.2 Å². The van der Waals surface area contributed by atoms with Gasteiger partial charge in [-0.2, -0.15) is 5.10 Å². The molecule has 1 unspecified atom stereocenters. The van der Waals surface area contributed by atoms with Crippen LogP contribution >= 0.6 is 0 Å². The summed E-state index contributed by atoms with van der Waals surface area (Å²) in [6, 6.07) is 5.32. The SMILES string of the molecule is CC(N)c1ncn(Cc2ccc(OC(F)(F)F)cc2)n1. The molecule has 20 heavy (non-hydrogen) atoms. The summed E-state index contributed by atoms with van der Waals surface area (Å²) in [6.45, 7) is 2.16. The van der Waals surface area contributed by atoms with E-state index in [2.05, 4.69) is 14.8 Å². The predicted octanol–water partition coefficient (Wildman–Crippen LogP) is 2.24. The molecule has 1 aromatic heterocycles. The van der Waals surface area contributed by atoms with Crippen LogP contribution in [-0.4, -0.2) is 21.1 Å². The third-order valence-electron chi connectivity index (χ3n) is 2.46. The second-order valence-corrected chi connectivity index (χ2v) is 4.28. The van der Waals surface area contributed by atoms with E-state index in [1.807, 2.05) is 0 Å². The lowest BCUT2D eigenvalue weighted by atomic mass is 10.2. The quantitative estimate of drug-likeness (QED) is 0.936. The molecule has 108 valence electrons. The second kappa shape index (κ2) is 5.49. The lowest BCUT2D eigenvalue weighted by molar-refractivity contribution is -0.274. The topological polar surface area (TPSA) is 66.0 Å². The monoisotopic (exact) mass is 286 g/mol. The Morgan fingerprint density at radius 3 is 2.45 bits per heavy atom. The zero-order valence-corrected chi connectivity index (χ0v) is 10.6. The van der Waals surface area contributed by atoms with Gasteiger partial charge >= 0.3 is 6.36 Å². The Balaban J connectivity index is 2.03. The number of ether oxygens (including phenoxy) is 1. The van der Waals surface area contributed by atoms with Gasteiger partial charge in [-0.15, -0.1) is 13.2 Å². The van der Waals surface area contributed by atoms with Crippen molar-refractivity contribution in [3.8, 4) is 5.75 Å². The van der Waals surface area contributed by atoms with E-state index in [1.165, 1.54) is 30.6 Å². The van der Waals surface area contributed by atoms with Crippen LogP contribution in [0.15, 0.2) is 30.6 Å². The lowest BCUT2D eigenvalue weighted by Crippen LogP contribution is -2.17. The van der Waals surface area contributed by atoms with Crippen molar-refractivity contribution in [1.29, 1.82) is 0 Å². The first kappa shape index (κ1) is 14.3. The number of alkyl halides is 3. The molecular formula is C12H13F3N4O. The highest BCUT2D eigenvalue weighted by Crippen LogP contribution is 2.22. The highest BCUT2D eigenvalue weighted by Gasteiger charge is 2.30. The first-order valence-electron chi connectivity index (χ1n) is 5.83. The molecule has 1 heterocycles. The molecule has 0 saturated carbocycles. The summed E-state index contributed by atoms with van der Waals surface area (Å²) < 4.78 is 41.4. The Kier molecular flexibility index (Phi) is 3.93. The molecule has 5 nitrogen and oxygen atoms in total. The van der Waals surface area contributed by atoms with Crippen molar-refractivity contribution >= 4 is 0 Å². The number of hydrogen-bond donors (Lipinski definition) is 1. The molecular weight excluding hydrogens is 273 g/mol. The molecule has 0 bridgehead atoms. The number of nitrogens with zero attached hydrogens (tertiary/aromatic N) is 3. The van der Waals surface area contributed by atoms with E-state index in [0.29, 0.717) is 12.4 Å². The Bertz CT molecular complexity index is 563. The largest absolute Gasteiger partial charge is 0.573 e. The van der Waals surface area contributed by atoms with Crippen molar-refractivity contribution in [2.75, 3.05) is 0 Å². The molecule has 0 aliphatic rings. The van der Waals surface area contributed by atoms with Crippen LogP contribution in [0.1, 0.15) is 24.4 Å². The Labute approximate surface area is 113 Å². The van der Waals surface area contributed by atoms with Crippen LogP contribution in [0, 0.1) is 0 Å². The van der Waals surface area contributed by atoms with Gasteiger partial charge in [-0.05, 0) is 24.6 Å². The van der Waals surface area contributed by atoms with E-state index in [4.69, 9.17) is 5.73 Å². The maximum atomic E-state index is 12.0. The van der Waals surface area contributed by atoms with E-state index in [0.717, 1.165) is 5.56 Å².